The highest BCUT2D eigenvalue weighted by Crippen LogP contribution is 2.36. The number of ether oxygens (including phenoxy) is 2. The standard InChI is InChI=1S/C28H27N5O4.C16H15N3O2.C12H14N2O3.CH3F/c1-4-37-23-15-17(13-14-21(23)24-18-9-5-6-10-19(18)26(34)31-30-24)29-27(35)25-20-11-7-8-12-22(20)33(32-25)16-28(2,3)36;1-2-21-14-9-10(17)7-8-13(14)15-11-5-3-4-6-12(11)16(20)19-18-15;1-12(2,17)7-14-9-6-4-3-5-8(9)10(13-14)11(15)16;1-2/h5-15,36H,4,16H2,1-3H3,(H,29,35)(H,31,34);3-9H,2,17H2,1H3,(H,19,20);3-6,17H,7H2,1-2H3,(H,15,16);1H3/i;;;1D. The zero-order valence-electron chi connectivity index (χ0n) is 44.2. The van der Waals surface area contributed by atoms with Gasteiger partial charge >= 0.3 is 5.97 Å². The van der Waals surface area contributed by atoms with Crippen LogP contribution >= 0.6 is 0 Å². The number of para-hydroxylation sites is 2. The molecule has 398 valence electrons. The smallest absolute Gasteiger partial charge is 0.357 e. The van der Waals surface area contributed by atoms with Crippen molar-refractivity contribution in [3.8, 4) is 34.0 Å². The molecule has 10 aromatic rings. The molecule has 0 spiro atoms. The van der Waals surface area contributed by atoms with Crippen molar-refractivity contribution in [2.75, 3.05) is 31.4 Å². The van der Waals surface area contributed by atoms with Gasteiger partial charge in [-0.2, -0.15) is 20.4 Å². The number of carbonyl (C=O) groups is 2. The van der Waals surface area contributed by atoms with E-state index in [0.29, 0.717) is 85.5 Å². The number of carboxylic acid groups (broad SMARTS) is 1. The van der Waals surface area contributed by atoms with Gasteiger partial charge in [0.05, 0.1) is 67.8 Å². The van der Waals surface area contributed by atoms with Crippen molar-refractivity contribution in [3.05, 3.63) is 166 Å². The van der Waals surface area contributed by atoms with Crippen LogP contribution in [0.3, 0.4) is 0 Å². The Morgan fingerprint density at radius 1 is 0.636 bits per heavy atom. The Labute approximate surface area is 442 Å². The van der Waals surface area contributed by atoms with Crippen molar-refractivity contribution in [1.82, 2.24) is 40.0 Å². The lowest BCUT2D eigenvalue weighted by Gasteiger charge is -2.17. The number of benzene rings is 6. The summed E-state index contributed by atoms with van der Waals surface area (Å²) in [5.74, 6) is -0.270. The number of rotatable bonds is 13. The van der Waals surface area contributed by atoms with Gasteiger partial charge in [0.1, 0.15) is 22.9 Å². The van der Waals surface area contributed by atoms with Gasteiger partial charge in [-0.15, -0.1) is 0 Å². The lowest BCUT2D eigenvalue weighted by atomic mass is 10.0. The number of anilines is 2. The number of carboxylic acids is 1. The maximum absolute atomic E-state index is 13.3. The molecule has 20 heteroatoms. The number of nitrogens with zero attached hydrogens (tertiary/aromatic N) is 6. The van der Waals surface area contributed by atoms with Gasteiger partial charge in [-0.25, -0.2) is 15.0 Å². The SMILES string of the molecule is CC(C)(O)Cn1nc(C(=O)O)c2ccccc21.CCOc1cc(N)ccc1-c1n[nH]c(=O)c2ccccc12.CCOc1cc(NC(=O)c2nn(CC(C)(C)O)c3ccccc23)ccc1-c1n[nH]c(=O)c2ccccc12.[2H]CF. The summed E-state index contributed by atoms with van der Waals surface area (Å²) in [5, 5.41) is 58.0. The fourth-order valence-electron chi connectivity index (χ4n) is 8.47. The maximum atomic E-state index is 13.3. The first-order chi connectivity index (χ1) is 37.2. The number of aromatic nitrogens is 8. The topological polar surface area (TPSA) is 278 Å². The van der Waals surface area contributed by atoms with E-state index in [4.69, 9.17) is 21.7 Å². The van der Waals surface area contributed by atoms with Crippen LogP contribution in [0.25, 0.3) is 65.9 Å². The molecule has 10 rings (SSSR count). The molecule has 6 aromatic carbocycles. The number of hydrogen-bond acceptors (Lipinski definition) is 13. The molecule has 0 atom stereocenters. The summed E-state index contributed by atoms with van der Waals surface area (Å²) in [6, 6.07) is 39.8. The zero-order chi connectivity index (χ0) is 56.3. The minimum absolute atomic E-state index is 0.0184. The predicted molar refractivity (Wildman–Crippen MR) is 296 cm³/mol. The van der Waals surface area contributed by atoms with E-state index in [2.05, 4.69) is 35.9 Å². The highest BCUT2D eigenvalue weighted by molar-refractivity contribution is 6.11. The number of nitrogen functional groups attached to an aromatic ring is 1. The molecule has 0 aliphatic rings. The quantitative estimate of drug-likeness (QED) is 0.0531. The molecule has 0 bridgehead atoms. The minimum Gasteiger partial charge on any atom is -0.493 e. The van der Waals surface area contributed by atoms with Gasteiger partial charge < -0.3 is 35.8 Å². The zero-order valence-corrected chi connectivity index (χ0v) is 43.2. The van der Waals surface area contributed by atoms with Gasteiger partial charge in [-0.3, -0.25) is 28.1 Å². The van der Waals surface area contributed by atoms with E-state index >= 15 is 0 Å². The Hall–Kier alpha value is -9.27. The van der Waals surface area contributed by atoms with Crippen molar-refractivity contribution in [1.29, 1.82) is 0 Å². The van der Waals surface area contributed by atoms with Crippen LogP contribution in [0, 0.1) is 0 Å². The summed E-state index contributed by atoms with van der Waals surface area (Å²) in [6.45, 7) is 11.9. The molecule has 0 saturated carbocycles. The Kier molecular flexibility index (Phi) is 16.8. The van der Waals surface area contributed by atoms with E-state index in [0.717, 1.165) is 16.5 Å². The van der Waals surface area contributed by atoms with Gasteiger partial charge in [0.2, 0.25) is 0 Å². The minimum atomic E-state index is -1.06. The molecular weight excluding hydrogens is 988 g/mol. The van der Waals surface area contributed by atoms with Crippen molar-refractivity contribution >= 4 is 66.6 Å². The van der Waals surface area contributed by atoms with Gasteiger partial charge in [-0.1, -0.05) is 72.8 Å². The van der Waals surface area contributed by atoms with Crippen LogP contribution in [-0.2, 0) is 13.1 Å². The first-order valence-corrected chi connectivity index (χ1v) is 24.3. The third-order valence-electron chi connectivity index (χ3n) is 11.6. The molecule has 19 nitrogen and oxygen atoms in total. The summed E-state index contributed by atoms with van der Waals surface area (Å²) in [5.41, 5.74) is 9.04. The Morgan fingerprint density at radius 3 is 1.49 bits per heavy atom. The number of aromatic amines is 2. The molecule has 0 radical (unpaired) electrons. The number of carbonyl (C=O) groups excluding carboxylic acids is 1. The second-order valence-electron chi connectivity index (χ2n) is 18.7. The number of amides is 1. The van der Waals surface area contributed by atoms with Crippen LogP contribution in [-0.4, -0.2) is 98.7 Å². The van der Waals surface area contributed by atoms with E-state index in [1.165, 1.54) is 4.68 Å². The molecule has 0 saturated heterocycles. The molecule has 0 aliphatic carbocycles. The molecular formula is C57H59FN10O9. The van der Waals surface area contributed by atoms with Crippen molar-refractivity contribution in [2.24, 2.45) is 0 Å². The van der Waals surface area contributed by atoms with Gasteiger partial charge in [0.15, 0.2) is 11.4 Å². The average Bonchev–Trinajstić information content (AvgIpc) is 3.95. The highest BCUT2D eigenvalue weighted by atomic mass is 19.1. The van der Waals surface area contributed by atoms with E-state index in [9.17, 15) is 33.8 Å². The van der Waals surface area contributed by atoms with E-state index in [-0.39, 0.29) is 41.5 Å². The number of fused-ring (bicyclic) bond motifs is 4. The summed E-state index contributed by atoms with van der Waals surface area (Å²) in [7, 11) is -1.00. The molecule has 4 heterocycles. The van der Waals surface area contributed by atoms with Crippen molar-refractivity contribution < 1.29 is 40.1 Å². The first-order valence-electron chi connectivity index (χ1n) is 25.0. The van der Waals surface area contributed by atoms with E-state index in [1.54, 1.807) is 99.1 Å². The average molecular weight is 1050 g/mol. The number of hydrogen-bond donors (Lipinski definition) is 7. The summed E-state index contributed by atoms with van der Waals surface area (Å²) >= 11 is 0. The maximum Gasteiger partial charge on any atom is 0.357 e. The van der Waals surface area contributed by atoms with E-state index in [1.807, 2.05) is 80.6 Å². The van der Waals surface area contributed by atoms with Crippen LogP contribution in [0.4, 0.5) is 15.8 Å². The number of alkyl halides is 1. The highest BCUT2D eigenvalue weighted by Gasteiger charge is 2.24. The number of halogens is 1. The third-order valence-corrected chi connectivity index (χ3v) is 11.6. The molecule has 8 N–H and O–H groups in total. The van der Waals surface area contributed by atoms with Crippen LogP contribution in [0.1, 0.15) is 63.9 Å². The lowest BCUT2D eigenvalue weighted by molar-refractivity contribution is 0.0575. The largest absolute Gasteiger partial charge is 0.493 e. The normalized spacial score (nSPS) is 11.4. The molecule has 0 unspecified atom stereocenters. The van der Waals surface area contributed by atoms with Crippen LogP contribution < -0.4 is 31.6 Å². The van der Waals surface area contributed by atoms with Crippen molar-refractivity contribution in [3.63, 3.8) is 0 Å². The molecule has 0 aliphatic heterocycles. The Balaban J connectivity index is 0.000000181. The van der Waals surface area contributed by atoms with Gasteiger partial charge in [-0.05, 0) is 90.1 Å². The summed E-state index contributed by atoms with van der Waals surface area (Å²) in [4.78, 5) is 48.5. The lowest BCUT2D eigenvalue weighted by Crippen LogP contribution is -2.27. The van der Waals surface area contributed by atoms with E-state index < -0.39 is 24.3 Å². The Morgan fingerprint density at radius 2 is 1.04 bits per heavy atom. The molecule has 77 heavy (non-hydrogen) atoms. The Bertz CT molecular complexity index is 3880. The molecule has 1 amide bonds. The number of nitrogens with one attached hydrogen (secondary N) is 3. The third kappa shape index (κ3) is 13.0. The number of aliphatic hydroxyl groups is 2. The molecule has 4 aromatic heterocycles. The summed E-state index contributed by atoms with van der Waals surface area (Å²) < 4.78 is 30.2. The second-order valence-corrected chi connectivity index (χ2v) is 18.7. The van der Waals surface area contributed by atoms with Gasteiger partial charge in [0.25, 0.3) is 17.0 Å². The predicted octanol–water partition coefficient (Wildman–Crippen LogP) is 9.02. The van der Waals surface area contributed by atoms with Crippen molar-refractivity contribution in [2.45, 2.75) is 65.8 Å². The van der Waals surface area contributed by atoms with Crippen LogP contribution in [0.2, 0.25) is 0 Å². The number of aromatic carboxylic acids is 1. The monoisotopic (exact) mass is 1050 g/mol. The second kappa shape index (κ2) is 23.9. The van der Waals surface area contributed by atoms with Crippen LogP contribution in [0.15, 0.2) is 143 Å². The van der Waals surface area contributed by atoms with Gasteiger partial charge in [0, 0.05) is 56.2 Å². The fraction of sp³-hybridized carbons (Fsp3) is 0.228. The number of nitrogens with two attached hydrogens (primary N) is 1. The number of H-pyrrole nitrogens is 2. The summed E-state index contributed by atoms with van der Waals surface area (Å²) in [6.07, 6.45) is 0. The first kappa shape index (κ1) is 54.0. The van der Waals surface area contributed by atoms with Crippen LogP contribution in [0.5, 0.6) is 11.5 Å². The molecule has 0 fully saturated rings. The fourth-order valence-corrected chi connectivity index (χ4v) is 8.47.